The first-order valence-corrected chi connectivity index (χ1v) is 9.73. The molecule has 1 aromatic heterocycles. The summed E-state index contributed by atoms with van der Waals surface area (Å²) in [7, 11) is -3.89. The van der Waals surface area contributed by atoms with E-state index in [-0.39, 0.29) is 16.0 Å². The standard InChI is InChI=1S/C17H16ClN3O3S/c18-14-4-1-2-7-17(14)25(22,23)21-15-5-3-6-16(13(15)11-20-21)24-12-8-9-19-10-12/h1-7,11-12,19H,8-10H2. The largest absolute Gasteiger partial charge is 0.488 e. The van der Waals surface area contributed by atoms with Crippen LogP contribution in [0.15, 0.2) is 53.6 Å². The predicted octanol–water partition coefficient (Wildman–Crippen LogP) is 2.67. The summed E-state index contributed by atoms with van der Waals surface area (Å²) in [5.41, 5.74) is 0.461. The fraction of sp³-hybridized carbons (Fsp3) is 0.235. The molecule has 1 fully saturated rings. The third kappa shape index (κ3) is 2.88. The lowest BCUT2D eigenvalue weighted by Gasteiger charge is -2.13. The van der Waals surface area contributed by atoms with Gasteiger partial charge in [-0.1, -0.05) is 29.8 Å². The van der Waals surface area contributed by atoms with Gasteiger partial charge in [0.1, 0.15) is 16.7 Å². The lowest BCUT2D eigenvalue weighted by atomic mass is 10.2. The van der Waals surface area contributed by atoms with Crippen molar-refractivity contribution in [1.29, 1.82) is 0 Å². The third-order valence-electron chi connectivity index (χ3n) is 4.19. The lowest BCUT2D eigenvalue weighted by molar-refractivity contribution is 0.226. The maximum absolute atomic E-state index is 13.0. The van der Waals surface area contributed by atoms with Gasteiger partial charge < -0.3 is 10.1 Å². The smallest absolute Gasteiger partial charge is 0.285 e. The highest BCUT2D eigenvalue weighted by atomic mass is 35.5. The van der Waals surface area contributed by atoms with Crippen molar-refractivity contribution in [3.05, 3.63) is 53.7 Å². The molecular formula is C17H16ClN3O3S. The van der Waals surface area contributed by atoms with Crippen LogP contribution in [0.1, 0.15) is 6.42 Å². The summed E-state index contributed by atoms with van der Waals surface area (Å²) < 4.78 is 32.9. The van der Waals surface area contributed by atoms with Crippen molar-refractivity contribution >= 4 is 32.5 Å². The van der Waals surface area contributed by atoms with Crippen LogP contribution in [0.5, 0.6) is 5.75 Å². The minimum atomic E-state index is -3.89. The number of nitrogens with zero attached hydrogens (tertiary/aromatic N) is 2. The Morgan fingerprint density at radius 1 is 1.20 bits per heavy atom. The van der Waals surface area contributed by atoms with Crippen LogP contribution < -0.4 is 10.1 Å². The summed E-state index contributed by atoms with van der Waals surface area (Å²) in [6.45, 7) is 1.70. The molecule has 0 amide bonds. The molecule has 2 aromatic carbocycles. The molecule has 0 radical (unpaired) electrons. The van der Waals surface area contributed by atoms with Crippen LogP contribution in [-0.4, -0.2) is 36.8 Å². The van der Waals surface area contributed by atoms with E-state index in [9.17, 15) is 8.42 Å². The molecule has 6 nitrogen and oxygen atoms in total. The molecule has 1 aliphatic heterocycles. The molecule has 1 aliphatic rings. The van der Waals surface area contributed by atoms with Gasteiger partial charge in [0.15, 0.2) is 0 Å². The Balaban J connectivity index is 1.80. The summed E-state index contributed by atoms with van der Waals surface area (Å²) in [6.07, 6.45) is 2.51. The van der Waals surface area contributed by atoms with Gasteiger partial charge in [0, 0.05) is 6.54 Å². The first-order valence-electron chi connectivity index (χ1n) is 7.91. The summed E-state index contributed by atoms with van der Waals surface area (Å²) in [6, 6.07) is 11.6. The van der Waals surface area contributed by atoms with E-state index in [1.54, 1.807) is 30.3 Å². The van der Waals surface area contributed by atoms with Crippen molar-refractivity contribution in [2.45, 2.75) is 17.4 Å². The molecule has 1 unspecified atom stereocenters. The van der Waals surface area contributed by atoms with Gasteiger partial charge in [-0.3, -0.25) is 0 Å². The quantitative estimate of drug-likeness (QED) is 0.756. The maximum Gasteiger partial charge on any atom is 0.285 e. The van der Waals surface area contributed by atoms with Crippen LogP contribution in [0.4, 0.5) is 0 Å². The van der Waals surface area contributed by atoms with Gasteiger partial charge in [-0.25, -0.2) is 0 Å². The number of halogens is 1. The van der Waals surface area contributed by atoms with Gasteiger partial charge in [-0.15, -0.1) is 0 Å². The van der Waals surface area contributed by atoms with Crippen molar-refractivity contribution in [1.82, 2.24) is 14.5 Å². The first kappa shape index (κ1) is 16.4. The second-order valence-corrected chi connectivity index (χ2v) is 7.99. The highest BCUT2D eigenvalue weighted by Crippen LogP contribution is 2.30. The Hall–Kier alpha value is -2.09. The molecule has 0 saturated carbocycles. The molecular weight excluding hydrogens is 362 g/mol. The van der Waals surface area contributed by atoms with Gasteiger partial charge in [0.05, 0.1) is 22.1 Å². The average Bonchev–Trinajstić information content (AvgIpc) is 3.25. The van der Waals surface area contributed by atoms with Crippen LogP contribution in [0, 0.1) is 0 Å². The molecule has 25 heavy (non-hydrogen) atoms. The second kappa shape index (κ2) is 6.33. The van der Waals surface area contributed by atoms with E-state index < -0.39 is 10.0 Å². The molecule has 1 N–H and O–H groups in total. The van der Waals surface area contributed by atoms with Gasteiger partial charge in [0.25, 0.3) is 10.0 Å². The zero-order chi connectivity index (χ0) is 17.4. The zero-order valence-electron chi connectivity index (χ0n) is 13.2. The van der Waals surface area contributed by atoms with E-state index in [0.29, 0.717) is 16.7 Å². The molecule has 3 aromatic rings. The summed E-state index contributed by atoms with van der Waals surface area (Å²) >= 11 is 6.07. The van der Waals surface area contributed by atoms with Crippen molar-refractivity contribution < 1.29 is 13.2 Å². The van der Waals surface area contributed by atoms with Gasteiger partial charge in [-0.2, -0.15) is 17.6 Å². The highest BCUT2D eigenvalue weighted by Gasteiger charge is 2.24. The summed E-state index contributed by atoms with van der Waals surface area (Å²) in [4.78, 5) is 0.0213. The minimum absolute atomic E-state index is 0.0213. The zero-order valence-corrected chi connectivity index (χ0v) is 14.8. The first-order chi connectivity index (χ1) is 12.1. The summed E-state index contributed by atoms with van der Waals surface area (Å²) in [5.74, 6) is 0.631. The van der Waals surface area contributed by atoms with Gasteiger partial charge in [0.2, 0.25) is 0 Å². The number of rotatable bonds is 4. The van der Waals surface area contributed by atoms with Gasteiger partial charge in [-0.05, 0) is 37.2 Å². The number of hydrogen-bond acceptors (Lipinski definition) is 5. The Morgan fingerprint density at radius 2 is 2.04 bits per heavy atom. The van der Waals surface area contributed by atoms with E-state index >= 15 is 0 Å². The van der Waals surface area contributed by atoms with Gasteiger partial charge >= 0.3 is 0 Å². The predicted molar refractivity (Wildman–Crippen MR) is 95.7 cm³/mol. The highest BCUT2D eigenvalue weighted by molar-refractivity contribution is 7.90. The second-order valence-electron chi connectivity index (χ2n) is 5.84. The molecule has 0 aliphatic carbocycles. The molecule has 1 saturated heterocycles. The number of hydrogen-bond donors (Lipinski definition) is 1. The van der Waals surface area contributed by atoms with Crippen molar-refractivity contribution in [2.24, 2.45) is 0 Å². The van der Waals surface area contributed by atoms with Crippen LogP contribution >= 0.6 is 11.6 Å². The lowest BCUT2D eigenvalue weighted by Crippen LogP contribution is -2.19. The monoisotopic (exact) mass is 377 g/mol. The van der Waals surface area contributed by atoms with Crippen LogP contribution in [0.25, 0.3) is 10.9 Å². The van der Waals surface area contributed by atoms with Crippen LogP contribution in [0.3, 0.4) is 0 Å². The number of nitrogens with one attached hydrogen (secondary N) is 1. The fourth-order valence-corrected chi connectivity index (χ4v) is 4.72. The fourth-order valence-electron chi connectivity index (χ4n) is 2.95. The number of aromatic nitrogens is 2. The Kier molecular flexibility index (Phi) is 4.15. The van der Waals surface area contributed by atoms with E-state index in [1.807, 2.05) is 6.07 Å². The molecule has 4 rings (SSSR count). The van der Waals surface area contributed by atoms with E-state index in [4.69, 9.17) is 16.3 Å². The molecule has 2 heterocycles. The topological polar surface area (TPSA) is 73.2 Å². The Morgan fingerprint density at radius 3 is 2.80 bits per heavy atom. The van der Waals surface area contributed by atoms with Crippen molar-refractivity contribution in [2.75, 3.05) is 13.1 Å². The molecule has 0 spiro atoms. The summed E-state index contributed by atoms with van der Waals surface area (Å²) in [5, 5.41) is 8.16. The van der Waals surface area contributed by atoms with Crippen molar-refractivity contribution in [3.63, 3.8) is 0 Å². The minimum Gasteiger partial charge on any atom is -0.488 e. The number of fused-ring (bicyclic) bond motifs is 1. The Bertz CT molecular complexity index is 1030. The molecule has 130 valence electrons. The maximum atomic E-state index is 13.0. The average molecular weight is 378 g/mol. The molecule has 0 bridgehead atoms. The SMILES string of the molecule is O=S(=O)(c1ccccc1Cl)n1ncc2c(OC3CCNC3)cccc21. The van der Waals surface area contributed by atoms with Crippen LogP contribution in [0.2, 0.25) is 5.02 Å². The number of ether oxygens (including phenoxy) is 1. The van der Waals surface area contributed by atoms with E-state index in [0.717, 1.165) is 23.6 Å². The Labute approximate surface area is 150 Å². The third-order valence-corrected chi connectivity index (χ3v) is 6.29. The molecule has 1 atom stereocenters. The van der Waals surface area contributed by atoms with E-state index in [2.05, 4.69) is 10.4 Å². The van der Waals surface area contributed by atoms with Crippen molar-refractivity contribution in [3.8, 4) is 5.75 Å². The number of benzene rings is 2. The van der Waals surface area contributed by atoms with Crippen LogP contribution in [-0.2, 0) is 10.0 Å². The normalized spacial score (nSPS) is 17.9. The molecule has 8 heteroatoms. The van der Waals surface area contributed by atoms with E-state index in [1.165, 1.54) is 12.3 Å².